The average molecular weight is 175 g/mol. The minimum Gasteiger partial charge on any atom is -0.868 e. The van der Waals surface area contributed by atoms with Crippen LogP contribution in [0.1, 0.15) is 19.3 Å². The van der Waals surface area contributed by atoms with Crippen molar-refractivity contribution in [3.8, 4) is 0 Å². The Bertz CT molecular complexity index is 154. The third-order valence-corrected chi connectivity index (χ3v) is 2.84. The van der Waals surface area contributed by atoms with Crippen LogP contribution in [-0.4, -0.2) is 11.5 Å². The molecular formula is C7H11OS2-. The summed E-state index contributed by atoms with van der Waals surface area (Å²) in [6, 6.07) is 0. The van der Waals surface area contributed by atoms with E-state index in [-0.39, 0.29) is 5.09 Å². The third kappa shape index (κ3) is 1.86. The first kappa shape index (κ1) is 8.34. The number of rotatable bonds is 1. The molecule has 0 spiro atoms. The van der Waals surface area contributed by atoms with Gasteiger partial charge >= 0.3 is 0 Å². The normalized spacial score (nSPS) is 30.8. The molecule has 0 radical (unpaired) electrons. The lowest BCUT2D eigenvalue weighted by molar-refractivity contribution is -0.286. The fourth-order valence-corrected chi connectivity index (χ4v) is 1.98. The van der Waals surface area contributed by atoms with E-state index in [1.165, 1.54) is 11.8 Å². The van der Waals surface area contributed by atoms with Crippen molar-refractivity contribution >= 4 is 24.4 Å². The van der Waals surface area contributed by atoms with E-state index in [0.717, 1.165) is 24.8 Å². The van der Waals surface area contributed by atoms with E-state index in [0.29, 0.717) is 5.25 Å². The second-order valence-electron chi connectivity index (χ2n) is 2.49. The van der Waals surface area contributed by atoms with Crippen molar-refractivity contribution in [2.45, 2.75) is 24.5 Å². The predicted octanol–water partition coefficient (Wildman–Crippen LogP) is 1.40. The Kier molecular flexibility index (Phi) is 2.98. The standard InChI is InChI=1S/C7H12OS2/c1-10-7(8)5-2-3-6(9)4-5/h6,8-9H,2-4H2,1H3/p-1/b7-5+/t6-/m0/s1. The molecule has 1 nitrogen and oxygen atoms in total. The van der Waals surface area contributed by atoms with Crippen molar-refractivity contribution in [3.63, 3.8) is 0 Å². The van der Waals surface area contributed by atoms with Gasteiger partial charge in [0, 0.05) is 5.25 Å². The fraction of sp³-hybridized carbons (Fsp3) is 0.714. The van der Waals surface area contributed by atoms with Gasteiger partial charge in [-0.3, -0.25) is 0 Å². The van der Waals surface area contributed by atoms with Gasteiger partial charge in [0.15, 0.2) is 0 Å². The molecule has 1 aliphatic rings. The van der Waals surface area contributed by atoms with Crippen LogP contribution in [0.5, 0.6) is 0 Å². The van der Waals surface area contributed by atoms with Crippen LogP contribution in [0.3, 0.4) is 0 Å². The summed E-state index contributed by atoms with van der Waals surface area (Å²) >= 11 is 5.62. The largest absolute Gasteiger partial charge is 0.868 e. The van der Waals surface area contributed by atoms with Crippen molar-refractivity contribution < 1.29 is 5.11 Å². The van der Waals surface area contributed by atoms with Crippen LogP contribution in [0, 0.1) is 0 Å². The summed E-state index contributed by atoms with van der Waals surface area (Å²) in [5.74, 6) is 0. The molecule has 1 atom stereocenters. The molecule has 0 aromatic heterocycles. The molecule has 0 aromatic carbocycles. The Morgan fingerprint density at radius 1 is 1.80 bits per heavy atom. The zero-order chi connectivity index (χ0) is 7.56. The van der Waals surface area contributed by atoms with Gasteiger partial charge in [0.25, 0.3) is 0 Å². The number of hydrogen-bond acceptors (Lipinski definition) is 3. The molecule has 1 saturated carbocycles. The minimum absolute atomic E-state index is 0.261. The van der Waals surface area contributed by atoms with E-state index in [4.69, 9.17) is 0 Å². The van der Waals surface area contributed by atoms with E-state index in [9.17, 15) is 5.11 Å². The third-order valence-electron chi connectivity index (χ3n) is 1.74. The van der Waals surface area contributed by atoms with E-state index < -0.39 is 0 Å². The quantitative estimate of drug-likeness (QED) is 0.481. The zero-order valence-corrected chi connectivity index (χ0v) is 7.67. The Morgan fingerprint density at radius 2 is 2.50 bits per heavy atom. The molecule has 3 heteroatoms. The highest BCUT2D eigenvalue weighted by molar-refractivity contribution is 8.02. The summed E-state index contributed by atoms with van der Waals surface area (Å²) in [5, 5.41) is 11.7. The topological polar surface area (TPSA) is 23.1 Å². The molecule has 0 aliphatic heterocycles. The van der Waals surface area contributed by atoms with Gasteiger partial charge in [-0.2, -0.15) is 12.6 Å². The molecule has 0 heterocycles. The second-order valence-corrected chi connectivity index (χ2v) is 4.00. The van der Waals surface area contributed by atoms with Crippen molar-refractivity contribution in [3.05, 3.63) is 10.7 Å². The highest BCUT2D eigenvalue weighted by Gasteiger charge is 2.15. The number of hydrogen-bond donors (Lipinski definition) is 1. The van der Waals surface area contributed by atoms with E-state index in [1.807, 2.05) is 6.26 Å². The lowest BCUT2D eigenvalue weighted by atomic mass is 10.3. The van der Waals surface area contributed by atoms with Gasteiger partial charge < -0.3 is 5.11 Å². The molecule has 1 fully saturated rings. The van der Waals surface area contributed by atoms with E-state index in [1.54, 1.807) is 0 Å². The van der Waals surface area contributed by atoms with Crippen LogP contribution < -0.4 is 5.11 Å². The highest BCUT2D eigenvalue weighted by atomic mass is 32.2. The summed E-state index contributed by atoms with van der Waals surface area (Å²) in [6.07, 6.45) is 4.78. The summed E-state index contributed by atoms with van der Waals surface area (Å²) < 4.78 is 0. The second kappa shape index (κ2) is 3.58. The molecule has 1 aliphatic carbocycles. The van der Waals surface area contributed by atoms with Crippen LogP contribution in [0.4, 0.5) is 0 Å². The summed E-state index contributed by atoms with van der Waals surface area (Å²) in [5.41, 5.74) is 1.08. The molecule has 0 amide bonds. The number of allylic oxidation sites excluding steroid dienone is 1. The molecule has 0 aromatic rings. The Morgan fingerprint density at radius 3 is 2.90 bits per heavy atom. The van der Waals surface area contributed by atoms with Crippen molar-refractivity contribution in [2.75, 3.05) is 6.26 Å². The van der Waals surface area contributed by atoms with Crippen molar-refractivity contribution in [1.82, 2.24) is 0 Å². The molecule has 0 N–H and O–H groups in total. The Balaban J connectivity index is 2.58. The fourth-order valence-electron chi connectivity index (χ4n) is 1.16. The van der Waals surface area contributed by atoms with Crippen LogP contribution in [0.15, 0.2) is 10.7 Å². The van der Waals surface area contributed by atoms with Crippen LogP contribution >= 0.6 is 24.4 Å². The summed E-state index contributed by atoms with van der Waals surface area (Å²) in [4.78, 5) is 0. The smallest absolute Gasteiger partial charge is 0.00571 e. The molecule has 58 valence electrons. The van der Waals surface area contributed by atoms with Gasteiger partial charge in [-0.15, -0.1) is 11.8 Å². The first-order valence-electron chi connectivity index (χ1n) is 3.35. The van der Waals surface area contributed by atoms with Gasteiger partial charge in [0.1, 0.15) is 0 Å². The number of thiol groups is 1. The highest BCUT2D eigenvalue weighted by Crippen LogP contribution is 2.31. The maximum absolute atomic E-state index is 11.1. The molecule has 10 heavy (non-hydrogen) atoms. The first-order valence-corrected chi connectivity index (χ1v) is 5.09. The molecule has 0 bridgehead atoms. The van der Waals surface area contributed by atoms with Crippen LogP contribution in [-0.2, 0) is 0 Å². The zero-order valence-electron chi connectivity index (χ0n) is 5.96. The minimum atomic E-state index is 0.261. The summed E-state index contributed by atoms with van der Waals surface area (Å²) in [7, 11) is 0. The maximum Gasteiger partial charge on any atom is 0.00571 e. The Hall–Kier alpha value is 0.240. The van der Waals surface area contributed by atoms with Crippen molar-refractivity contribution in [1.29, 1.82) is 0 Å². The van der Waals surface area contributed by atoms with Crippen molar-refractivity contribution in [2.24, 2.45) is 0 Å². The average Bonchev–Trinajstić information content (AvgIpc) is 2.34. The van der Waals surface area contributed by atoms with Gasteiger partial charge in [-0.25, -0.2) is 0 Å². The lowest BCUT2D eigenvalue weighted by Crippen LogP contribution is -2.02. The molecular weight excluding hydrogens is 164 g/mol. The predicted molar refractivity (Wildman–Crippen MR) is 47.2 cm³/mol. The van der Waals surface area contributed by atoms with Gasteiger partial charge in [-0.1, -0.05) is 10.7 Å². The number of thioether (sulfide) groups is 1. The lowest BCUT2D eigenvalue weighted by Gasteiger charge is -2.11. The first-order chi connectivity index (χ1) is 4.74. The molecule has 0 saturated heterocycles. The molecule has 0 unspecified atom stereocenters. The van der Waals surface area contributed by atoms with Crippen LogP contribution in [0.2, 0.25) is 0 Å². The SMILES string of the molecule is CS/C([O-])=C1\CC[C@H](S)C1. The monoisotopic (exact) mass is 175 g/mol. The van der Waals surface area contributed by atoms with E-state index in [2.05, 4.69) is 12.6 Å². The van der Waals surface area contributed by atoms with Gasteiger partial charge in [0.2, 0.25) is 0 Å². The van der Waals surface area contributed by atoms with Gasteiger partial charge in [0.05, 0.1) is 0 Å². The maximum atomic E-state index is 11.1. The Labute approximate surface area is 71.3 Å². The molecule has 1 rings (SSSR count). The van der Waals surface area contributed by atoms with Crippen LogP contribution in [0.25, 0.3) is 0 Å². The van der Waals surface area contributed by atoms with Gasteiger partial charge in [-0.05, 0) is 25.5 Å². The van der Waals surface area contributed by atoms with E-state index >= 15 is 0 Å². The summed E-state index contributed by atoms with van der Waals surface area (Å²) in [6.45, 7) is 0.